The molecule has 0 spiro atoms. The van der Waals surface area contributed by atoms with Gasteiger partial charge in [0.25, 0.3) is 0 Å². The molecule has 0 aromatic carbocycles. The summed E-state index contributed by atoms with van der Waals surface area (Å²) in [5.74, 6) is 1.63. The molecule has 0 amide bonds. The fourth-order valence-corrected chi connectivity index (χ4v) is 3.60. The first-order valence-corrected chi connectivity index (χ1v) is 9.79. The Hall–Kier alpha value is -1.56. The molecule has 0 bridgehead atoms. The van der Waals surface area contributed by atoms with E-state index in [1.807, 2.05) is 11.7 Å². The first-order chi connectivity index (χ1) is 12.1. The molecular formula is C19H35N5O. The van der Waals surface area contributed by atoms with Gasteiger partial charge < -0.3 is 15.0 Å². The summed E-state index contributed by atoms with van der Waals surface area (Å²) >= 11 is 0. The fourth-order valence-electron chi connectivity index (χ4n) is 3.60. The Bertz CT molecular complexity index is 566. The molecule has 1 N–H and O–H groups in total. The Labute approximate surface area is 152 Å². The van der Waals surface area contributed by atoms with Gasteiger partial charge in [-0.25, -0.2) is 4.99 Å². The molecule has 1 atom stereocenters. The molecule has 0 aliphatic carbocycles. The Balaban J connectivity index is 2.10. The van der Waals surface area contributed by atoms with Gasteiger partial charge >= 0.3 is 0 Å². The van der Waals surface area contributed by atoms with Gasteiger partial charge in [-0.1, -0.05) is 13.8 Å². The predicted octanol–water partition coefficient (Wildman–Crippen LogP) is 2.37. The first kappa shape index (κ1) is 19.8. The number of hydrogen-bond acceptors (Lipinski definition) is 3. The lowest BCUT2D eigenvalue weighted by Crippen LogP contribution is -2.40. The average Bonchev–Trinajstić information content (AvgIpc) is 3.20. The zero-order valence-corrected chi connectivity index (χ0v) is 16.6. The van der Waals surface area contributed by atoms with Crippen molar-refractivity contribution in [1.29, 1.82) is 0 Å². The summed E-state index contributed by atoms with van der Waals surface area (Å²) < 4.78 is 7.62. The molecular weight excluding hydrogens is 314 g/mol. The van der Waals surface area contributed by atoms with Crippen LogP contribution in [0.25, 0.3) is 0 Å². The van der Waals surface area contributed by atoms with E-state index in [4.69, 9.17) is 9.73 Å². The molecule has 0 saturated carbocycles. The largest absolute Gasteiger partial charge is 0.381 e. The van der Waals surface area contributed by atoms with Gasteiger partial charge in [0.05, 0.1) is 18.8 Å². The summed E-state index contributed by atoms with van der Waals surface area (Å²) in [5.41, 5.74) is 3.77. The van der Waals surface area contributed by atoms with Gasteiger partial charge in [0.2, 0.25) is 0 Å². The molecule has 142 valence electrons. The van der Waals surface area contributed by atoms with E-state index in [-0.39, 0.29) is 0 Å². The molecule has 1 unspecified atom stereocenters. The minimum absolute atomic E-state index is 0.611. The SMILES string of the molecule is CCNC(=NCc1c(CC)nn(C)c1CC)N1CCC(COCC)C1. The van der Waals surface area contributed by atoms with Crippen LogP contribution in [0.1, 0.15) is 51.1 Å². The Morgan fingerprint density at radius 1 is 1.28 bits per heavy atom. The van der Waals surface area contributed by atoms with Gasteiger partial charge in [-0.15, -0.1) is 0 Å². The number of nitrogens with one attached hydrogen (secondary N) is 1. The molecule has 1 aromatic heterocycles. The Morgan fingerprint density at radius 3 is 2.72 bits per heavy atom. The maximum absolute atomic E-state index is 5.60. The van der Waals surface area contributed by atoms with Crippen molar-refractivity contribution in [3.8, 4) is 0 Å². The van der Waals surface area contributed by atoms with Crippen LogP contribution >= 0.6 is 0 Å². The molecule has 1 aliphatic heterocycles. The van der Waals surface area contributed by atoms with Crippen molar-refractivity contribution in [1.82, 2.24) is 20.0 Å². The second-order valence-electron chi connectivity index (χ2n) is 6.63. The highest BCUT2D eigenvalue weighted by atomic mass is 16.5. The lowest BCUT2D eigenvalue weighted by Gasteiger charge is -2.21. The van der Waals surface area contributed by atoms with E-state index in [0.29, 0.717) is 12.5 Å². The zero-order chi connectivity index (χ0) is 18.2. The van der Waals surface area contributed by atoms with Gasteiger partial charge in [-0.2, -0.15) is 5.10 Å². The van der Waals surface area contributed by atoms with Crippen molar-refractivity contribution in [3.63, 3.8) is 0 Å². The second kappa shape index (κ2) is 9.80. The van der Waals surface area contributed by atoms with Gasteiger partial charge in [0, 0.05) is 50.5 Å². The number of aryl methyl sites for hydroxylation is 2. The van der Waals surface area contributed by atoms with Gasteiger partial charge in [0.15, 0.2) is 5.96 Å². The van der Waals surface area contributed by atoms with Crippen molar-refractivity contribution >= 4 is 5.96 Å². The number of nitrogens with zero attached hydrogens (tertiary/aromatic N) is 4. The van der Waals surface area contributed by atoms with Crippen LogP contribution in [0, 0.1) is 5.92 Å². The number of rotatable bonds is 8. The van der Waals surface area contributed by atoms with E-state index in [1.165, 1.54) is 23.4 Å². The summed E-state index contributed by atoms with van der Waals surface area (Å²) in [6.07, 6.45) is 3.12. The number of likely N-dealkylation sites (tertiary alicyclic amines) is 1. The highest BCUT2D eigenvalue weighted by molar-refractivity contribution is 5.80. The number of aliphatic imine (C=N–C) groups is 1. The van der Waals surface area contributed by atoms with Crippen molar-refractivity contribution in [3.05, 3.63) is 17.0 Å². The highest BCUT2D eigenvalue weighted by Gasteiger charge is 2.25. The predicted molar refractivity (Wildman–Crippen MR) is 103 cm³/mol. The van der Waals surface area contributed by atoms with E-state index in [9.17, 15) is 0 Å². The summed E-state index contributed by atoms with van der Waals surface area (Å²) in [6.45, 7) is 13.9. The quantitative estimate of drug-likeness (QED) is 0.578. The Morgan fingerprint density at radius 2 is 2.08 bits per heavy atom. The number of hydrogen-bond donors (Lipinski definition) is 1. The normalized spacial score (nSPS) is 18.2. The summed E-state index contributed by atoms with van der Waals surface area (Å²) in [7, 11) is 2.04. The van der Waals surface area contributed by atoms with Crippen molar-refractivity contribution < 1.29 is 4.74 Å². The molecule has 1 saturated heterocycles. The van der Waals surface area contributed by atoms with E-state index in [2.05, 4.69) is 43.0 Å². The van der Waals surface area contributed by atoms with Crippen molar-refractivity contribution in [2.24, 2.45) is 18.0 Å². The number of ether oxygens (including phenoxy) is 1. The molecule has 1 aliphatic rings. The molecule has 1 fully saturated rings. The standard InChI is InChI=1S/C19H35N5O/c1-6-17-16(18(7-2)23(5)22-17)12-21-19(20-8-3)24-11-10-15(13-24)14-25-9-4/h15H,6-14H2,1-5H3,(H,20,21). The highest BCUT2D eigenvalue weighted by Crippen LogP contribution is 2.19. The molecule has 25 heavy (non-hydrogen) atoms. The number of guanidine groups is 1. The van der Waals surface area contributed by atoms with E-state index in [1.54, 1.807) is 0 Å². The third-order valence-electron chi connectivity index (χ3n) is 4.89. The summed E-state index contributed by atoms with van der Waals surface area (Å²) in [5, 5.41) is 8.13. The average molecular weight is 350 g/mol. The minimum Gasteiger partial charge on any atom is -0.381 e. The Kier molecular flexibility index (Phi) is 7.75. The van der Waals surface area contributed by atoms with Crippen LogP contribution in [0.4, 0.5) is 0 Å². The van der Waals surface area contributed by atoms with E-state index >= 15 is 0 Å². The maximum Gasteiger partial charge on any atom is 0.194 e. The zero-order valence-electron chi connectivity index (χ0n) is 16.6. The molecule has 6 nitrogen and oxygen atoms in total. The lowest BCUT2D eigenvalue weighted by atomic mass is 10.1. The smallest absolute Gasteiger partial charge is 0.194 e. The first-order valence-electron chi connectivity index (χ1n) is 9.79. The summed E-state index contributed by atoms with van der Waals surface area (Å²) in [4.78, 5) is 7.32. The summed E-state index contributed by atoms with van der Waals surface area (Å²) in [6, 6.07) is 0. The molecule has 1 aromatic rings. The molecule has 0 radical (unpaired) electrons. The lowest BCUT2D eigenvalue weighted by molar-refractivity contribution is 0.114. The van der Waals surface area contributed by atoms with E-state index in [0.717, 1.165) is 51.6 Å². The van der Waals surface area contributed by atoms with Crippen LogP contribution in [0.15, 0.2) is 4.99 Å². The minimum atomic E-state index is 0.611. The van der Waals surface area contributed by atoms with Crippen molar-refractivity contribution in [2.75, 3.05) is 32.8 Å². The number of aromatic nitrogens is 2. The van der Waals surface area contributed by atoms with Gasteiger partial charge in [0.1, 0.15) is 0 Å². The van der Waals surface area contributed by atoms with Crippen LogP contribution in [0.5, 0.6) is 0 Å². The van der Waals surface area contributed by atoms with Crippen LogP contribution < -0.4 is 5.32 Å². The fraction of sp³-hybridized carbons (Fsp3) is 0.789. The van der Waals surface area contributed by atoms with Crippen molar-refractivity contribution in [2.45, 2.75) is 53.5 Å². The second-order valence-corrected chi connectivity index (χ2v) is 6.63. The van der Waals surface area contributed by atoms with Gasteiger partial charge in [-0.3, -0.25) is 4.68 Å². The monoisotopic (exact) mass is 349 g/mol. The van der Waals surface area contributed by atoms with Crippen LogP contribution in [-0.4, -0.2) is 53.5 Å². The van der Waals surface area contributed by atoms with Crippen LogP contribution in [0.2, 0.25) is 0 Å². The van der Waals surface area contributed by atoms with Gasteiger partial charge in [-0.05, 0) is 33.1 Å². The molecule has 2 heterocycles. The van der Waals surface area contributed by atoms with Crippen LogP contribution in [-0.2, 0) is 31.2 Å². The maximum atomic E-state index is 5.60. The van der Waals surface area contributed by atoms with Crippen LogP contribution in [0.3, 0.4) is 0 Å². The van der Waals surface area contributed by atoms with E-state index < -0.39 is 0 Å². The third-order valence-corrected chi connectivity index (χ3v) is 4.89. The molecule has 2 rings (SSSR count). The topological polar surface area (TPSA) is 54.7 Å². The molecule has 6 heteroatoms. The third kappa shape index (κ3) is 4.97.